The van der Waals surface area contributed by atoms with E-state index in [9.17, 15) is 29.8 Å². The Kier molecular flexibility index (Phi) is 5.99. The van der Waals surface area contributed by atoms with Gasteiger partial charge in [-0.05, 0) is 30.3 Å². The molecule has 0 unspecified atom stereocenters. The van der Waals surface area contributed by atoms with E-state index in [0.29, 0.717) is 11.4 Å². The zero-order valence-corrected chi connectivity index (χ0v) is 13.9. The Bertz CT molecular complexity index is 895. The molecule has 2 aromatic carbocycles. The minimum Gasteiger partial charge on any atom is -0.477 e. The summed E-state index contributed by atoms with van der Waals surface area (Å²) in [7, 11) is 0. The van der Waals surface area contributed by atoms with E-state index in [-0.39, 0.29) is 5.75 Å². The number of ether oxygens (including phenoxy) is 2. The van der Waals surface area contributed by atoms with E-state index in [1.165, 1.54) is 31.2 Å². The van der Waals surface area contributed by atoms with Crippen LogP contribution in [0.3, 0.4) is 0 Å². The summed E-state index contributed by atoms with van der Waals surface area (Å²) in [6, 6.07) is 8.76. The fourth-order valence-electron chi connectivity index (χ4n) is 2.00. The molecule has 0 aliphatic carbocycles. The van der Waals surface area contributed by atoms with Crippen LogP contribution in [0, 0.1) is 20.2 Å². The number of nitrogens with zero attached hydrogens (tertiary/aromatic N) is 2. The predicted octanol–water partition coefficient (Wildman–Crippen LogP) is 2.45. The van der Waals surface area contributed by atoms with Crippen molar-refractivity contribution in [2.24, 2.45) is 0 Å². The third-order valence-corrected chi connectivity index (χ3v) is 3.11. The lowest BCUT2D eigenvalue weighted by molar-refractivity contribution is -0.394. The maximum Gasteiger partial charge on any atom is 0.317 e. The van der Waals surface area contributed by atoms with Crippen molar-refractivity contribution in [1.29, 1.82) is 0 Å². The van der Waals surface area contributed by atoms with E-state index in [1.54, 1.807) is 0 Å². The Morgan fingerprint density at radius 3 is 2.26 bits per heavy atom. The largest absolute Gasteiger partial charge is 0.477 e. The fourth-order valence-corrected chi connectivity index (χ4v) is 2.00. The number of non-ortho nitro benzene ring substituents is 1. The Labute approximate surface area is 151 Å². The molecule has 11 heteroatoms. The molecule has 1 amide bonds. The summed E-state index contributed by atoms with van der Waals surface area (Å²) in [6.45, 7) is 0.703. The van der Waals surface area contributed by atoms with Crippen LogP contribution in [0.15, 0.2) is 42.5 Å². The Morgan fingerprint density at radius 1 is 1.04 bits per heavy atom. The number of nitrogens with one attached hydrogen (secondary N) is 1. The van der Waals surface area contributed by atoms with E-state index in [2.05, 4.69) is 5.32 Å². The zero-order valence-electron chi connectivity index (χ0n) is 13.9. The summed E-state index contributed by atoms with van der Waals surface area (Å²) in [6.07, 6.45) is 0. The molecule has 0 saturated carbocycles. The second-order valence-corrected chi connectivity index (χ2v) is 5.12. The summed E-state index contributed by atoms with van der Waals surface area (Å²) < 4.78 is 9.95. The average molecular weight is 375 g/mol. The van der Waals surface area contributed by atoms with Crippen molar-refractivity contribution in [2.75, 3.05) is 11.9 Å². The first kappa shape index (κ1) is 19.3. The van der Waals surface area contributed by atoms with Crippen LogP contribution in [0.4, 0.5) is 17.1 Å². The van der Waals surface area contributed by atoms with Crippen LogP contribution in [0.5, 0.6) is 11.5 Å². The summed E-state index contributed by atoms with van der Waals surface area (Å²) in [4.78, 5) is 42.8. The first-order chi connectivity index (χ1) is 12.8. The molecule has 0 aliphatic heterocycles. The van der Waals surface area contributed by atoms with Crippen LogP contribution in [-0.2, 0) is 9.59 Å². The molecule has 0 fully saturated rings. The molecule has 1 N–H and O–H groups in total. The number of esters is 1. The van der Waals surface area contributed by atoms with Gasteiger partial charge in [0.2, 0.25) is 0 Å². The van der Waals surface area contributed by atoms with Gasteiger partial charge < -0.3 is 14.8 Å². The third-order valence-electron chi connectivity index (χ3n) is 3.11. The lowest BCUT2D eigenvalue weighted by atomic mass is 10.2. The molecule has 0 aliphatic rings. The van der Waals surface area contributed by atoms with Gasteiger partial charge in [0, 0.05) is 18.7 Å². The van der Waals surface area contributed by atoms with Gasteiger partial charge in [-0.1, -0.05) is 0 Å². The standard InChI is InChI=1S/C16H13N3O8/c1-10(20)27-13-5-2-11(3-6-13)17-16(21)9-26-15-7-4-12(18(22)23)8-14(15)19(24)25/h2-8H,9H2,1H3,(H,17,21). The number of amides is 1. The summed E-state index contributed by atoms with van der Waals surface area (Å²) in [5.41, 5.74) is -0.702. The highest BCUT2D eigenvalue weighted by atomic mass is 16.6. The molecule has 0 aromatic heterocycles. The molecule has 27 heavy (non-hydrogen) atoms. The zero-order chi connectivity index (χ0) is 20.0. The van der Waals surface area contributed by atoms with Crippen molar-refractivity contribution in [3.63, 3.8) is 0 Å². The van der Waals surface area contributed by atoms with Gasteiger partial charge in [0.1, 0.15) is 5.75 Å². The molecular weight excluding hydrogens is 362 g/mol. The van der Waals surface area contributed by atoms with E-state index in [0.717, 1.165) is 18.2 Å². The smallest absolute Gasteiger partial charge is 0.317 e. The minimum absolute atomic E-state index is 0.272. The number of benzene rings is 2. The normalized spacial score (nSPS) is 9.96. The predicted molar refractivity (Wildman–Crippen MR) is 91.6 cm³/mol. The first-order valence-corrected chi connectivity index (χ1v) is 7.40. The van der Waals surface area contributed by atoms with Crippen molar-refractivity contribution in [2.45, 2.75) is 6.92 Å². The van der Waals surface area contributed by atoms with Gasteiger partial charge >= 0.3 is 11.7 Å². The number of nitro benzene ring substituents is 2. The van der Waals surface area contributed by atoms with Gasteiger partial charge in [0.15, 0.2) is 12.4 Å². The van der Waals surface area contributed by atoms with Crippen molar-refractivity contribution in [3.05, 3.63) is 62.7 Å². The van der Waals surface area contributed by atoms with Crippen LogP contribution < -0.4 is 14.8 Å². The SMILES string of the molecule is CC(=O)Oc1ccc(NC(=O)COc2ccc([N+](=O)[O-])cc2[N+](=O)[O-])cc1. The number of rotatable bonds is 7. The van der Waals surface area contributed by atoms with Crippen LogP contribution in [0.1, 0.15) is 6.92 Å². The second-order valence-electron chi connectivity index (χ2n) is 5.12. The van der Waals surface area contributed by atoms with Gasteiger partial charge in [-0.2, -0.15) is 0 Å². The molecule has 2 rings (SSSR count). The average Bonchev–Trinajstić information content (AvgIpc) is 2.61. The van der Waals surface area contributed by atoms with E-state index < -0.39 is 39.7 Å². The number of hydrogen-bond donors (Lipinski definition) is 1. The summed E-state index contributed by atoms with van der Waals surface area (Å²) >= 11 is 0. The van der Waals surface area contributed by atoms with Gasteiger partial charge in [-0.15, -0.1) is 0 Å². The second kappa shape index (κ2) is 8.38. The topological polar surface area (TPSA) is 151 Å². The molecule has 2 aromatic rings. The highest BCUT2D eigenvalue weighted by Gasteiger charge is 2.21. The van der Waals surface area contributed by atoms with Gasteiger partial charge in [-0.3, -0.25) is 29.8 Å². The van der Waals surface area contributed by atoms with Crippen LogP contribution in [0.25, 0.3) is 0 Å². The highest BCUT2D eigenvalue weighted by Crippen LogP contribution is 2.30. The molecule has 0 radical (unpaired) electrons. The molecule has 0 heterocycles. The molecule has 0 saturated heterocycles. The molecule has 0 atom stereocenters. The maximum atomic E-state index is 11.9. The Hall–Kier alpha value is -4.02. The lowest BCUT2D eigenvalue weighted by Crippen LogP contribution is -2.20. The van der Waals surface area contributed by atoms with E-state index >= 15 is 0 Å². The lowest BCUT2D eigenvalue weighted by Gasteiger charge is -2.08. The quantitative estimate of drug-likeness (QED) is 0.335. The van der Waals surface area contributed by atoms with Crippen molar-refractivity contribution >= 4 is 28.9 Å². The summed E-state index contributed by atoms with van der Waals surface area (Å²) in [5.74, 6) is -1.06. The highest BCUT2D eigenvalue weighted by molar-refractivity contribution is 5.92. The first-order valence-electron chi connectivity index (χ1n) is 7.40. The molecule has 0 spiro atoms. The Morgan fingerprint density at radius 2 is 1.70 bits per heavy atom. The molecule has 140 valence electrons. The summed E-state index contributed by atoms with van der Waals surface area (Å²) in [5, 5.41) is 24.2. The van der Waals surface area contributed by atoms with Crippen LogP contribution in [-0.4, -0.2) is 28.3 Å². The molecule has 11 nitrogen and oxygen atoms in total. The number of nitro groups is 2. The maximum absolute atomic E-state index is 11.9. The number of carbonyl (C=O) groups is 2. The molecular formula is C16H13N3O8. The van der Waals surface area contributed by atoms with Crippen LogP contribution in [0.2, 0.25) is 0 Å². The number of carbonyl (C=O) groups excluding carboxylic acids is 2. The number of anilines is 1. The van der Waals surface area contributed by atoms with Gasteiger partial charge in [0.05, 0.1) is 15.9 Å². The van der Waals surface area contributed by atoms with Crippen molar-refractivity contribution < 1.29 is 28.9 Å². The van der Waals surface area contributed by atoms with E-state index in [4.69, 9.17) is 9.47 Å². The third kappa shape index (κ3) is 5.49. The molecule has 0 bridgehead atoms. The van der Waals surface area contributed by atoms with Crippen molar-refractivity contribution in [3.8, 4) is 11.5 Å². The monoisotopic (exact) mass is 375 g/mol. The fraction of sp³-hybridized carbons (Fsp3) is 0.125. The number of hydrogen-bond acceptors (Lipinski definition) is 8. The van der Waals surface area contributed by atoms with Crippen LogP contribution >= 0.6 is 0 Å². The minimum atomic E-state index is -0.839. The van der Waals surface area contributed by atoms with Gasteiger partial charge in [-0.25, -0.2) is 0 Å². The van der Waals surface area contributed by atoms with Crippen molar-refractivity contribution in [1.82, 2.24) is 0 Å². The Balaban J connectivity index is 2.00. The van der Waals surface area contributed by atoms with E-state index in [1.807, 2.05) is 0 Å². The van der Waals surface area contributed by atoms with Gasteiger partial charge in [0.25, 0.3) is 11.6 Å².